The van der Waals surface area contributed by atoms with E-state index in [2.05, 4.69) is 20.4 Å². The first-order valence-corrected chi connectivity index (χ1v) is 21.1. The molecule has 2 fully saturated rings. The van der Waals surface area contributed by atoms with E-state index in [1.54, 1.807) is 84.9 Å². The fraction of sp³-hybridized carbons (Fsp3) is 0.375. The number of rotatable bonds is 12. The van der Waals surface area contributed by atoms with E-state index in [-0.39, 0.29) is 71.7 Å². The normalized spacial score (nSPS) is 18.3. The molecular weight excluding hydrogens is 796 g/mol. The Balaban J connectivity index is 0.000000201. The van der Waals surface area contributed by atoms with Gasteiger partial charge < -0.3 is 20.8 Å². The van der Waals surface area contributed by atoms with Gasteiger partial charge in [0.05, 0.1) is 22.5 Å². The molecule has 2 aliphatic heterocycles. The van der Waals surface area contributed by atoms with Crippen LogP contribution in [0.5, 0.6) is 0 Å². The molecule has 61 heavy (non-hydrogen) atoms. The minimum absolute atomic E-state index is 0. The van der Waals surface area contributed by atoms with Crippen molar-refractivity contribution in [3.8, 4) is 0 Å². The number of nitrogens with zero attached hydrogens (tertiary/aromatic N) is 2. The highest BCUT2D eigenvalue weighted by atomic mass is 35.5. The molecule has 2 atom stereocenters. The average molecular weight is 849 g/mol. The second-order valence-electron chi connectivity index (χ2n) is 15.9. The zero-order valence-corrected chi connectivity index (χ0v) is 35.0. The van der Waals surface area contributed by atoms with Crippen LogP contribution < -0.4 is 10.6 Å². The van der Waals surface area contributed by atoms with Gasteiger partial charge in [-0.25, -0.2) is 0 Å². The van der Waals surface area contributed by atoms with Crippen molar-refractivity contribution >= 4 is 58.7 Å². The topological polar surface area (TPSA) is 173 Å². The summed E-state index contributed by atoms with van der Waals surface area (Å²) in [5.41, 5.74) is 3.51. The van der Waals surface area contributed by atoms with Gasteiger partial charge in [0.25, 0.3) is 0 Å². The van der Waals surface area contributed by atoms with E-state index in [4.69, 9.17) is 0 Å². The van der Waals surface area contributed by atoms with Crippen LogP contribution in [0.1, 0.15) is 128 Å². The van der Waals surface area contributed by atoms with Gasteiger partial charge in [-0.05, 0) is 63.7 Å². The van der Waals surface area contributed by atoms with Crippen LogP contribution in [0.25, 0.3) is 0 Å². The second kappa shape index (κ2) is 20.9. The minimum atomic E-state index is -0.241. The third kappa shape index (κ3) is 10.1. The Morgan fingerprint density at radius 2 is 0.869 bits per heavy atom. The van der Waals surface area contributed by atoms with Gasteiger partial charge in [0.2, 0.25) is 11.8 Å². The lowest BCUT2D eigenvalue weighted by molar-refractivity contribution is -0.117. The maximum Gasteiger partial charge on any atom is 0.225 e. The van der Waals surface area contributed by atoms with Gasteiger partial charge in [0.1, 0.15) is 0 Å². The molecule has 8 rings (SSSR count). The summed E-state index contributed by atoms with van der Waals surface area (Å²) in [6.07, 6.45) is 8.65. The van der Waals surface area contributed by atoms with Crippen LogP contribution in [0.15, 0.2) is 84.9 Å². The third-order valence-corrected chi connectivity index (χ3v) is 12.1. The maximum absolute atomic E-state index is 13.0. The van der Waals surface area contributed by atoms with Gasteiger partial charge >= 0.3 is 0 Å². The number of piperidine rings is 2. The number of ketones is 4. The summed E-state index contributed by atoms with van der Waals surface area (Å²) >= 11 is 0. The van der Waals surface area contributed by atoms with Crippen molar-refractivity contribution in [3.05, 3.63) is 129 Å². The summed E-state index contributed by atoms with van der Waals surface area (Å²) in [5.74, 6) is -1.25. The number of anilines is 2. The molecule has 4 aromatic rings. The predicted octanol–water partition coefficient (Wildman–Crippen LogP) is 6.48. The van der Waals surface area contributed by atoms with Crippen molar-refractivity contribution in [1.82, 2.24) is 9.80 Å². The van der Waals surface area contributed by atoms with Gasteiger partial charge in [-0.15, -0.1) is 12.4 Å². The van der Waals surface area contributed by atoms with Crippen LogP contribution in [-0.2, 0) is 9.59 Å². The quantitative estimate of drug-likeness (QED) is 0.107. The van der Waals surface area contributed by atoms with Crippen LogP contribution >= 0.6 is 12.4 Å². The fourth-order valence-electron chi connectivity index (χ4n) is 9.07. The van der Waals surface area contributed by atoms with Gasteiger partial charge in [-0.1, -0.05) is 85.6 Å². The summed E-state index contributed by atoms with van der Waals surface area (Å²) in [5, 5.41) is 24.2. The summed E-state index contributed by atoms with van der Waals surface area (Å²) in [7, 11) is 0. The molecule has 12 nitrogen and oxygen atoms in total. The van der Waals surface area contributed by atoms with Crippen LogP contribution in [-0.4, -0.2) is 106 Å². The van der Waals surface area contributed by atoms with E-state index in [0.717, 1.165) is 64.5 Å². The zero-order valence-electron chi connectivity index (χ0n) is 34.2. The van der Waals surface area contributed by atoms with Crippen LogP contribution in [0.4, 0.5) is 11.4 Å². The molecular formula is C48H53ClN4O8. The Bertz CT molecular complexity index is 2130. The SMILES string of the molecule is Cl.O=C(CCN1CCCCC1CCO)Nc1cccc2c1C(=O)c1ccccc1C2=O.O=C(CCN1CCCCC1CCO)Nc1cccc2c1C(=O)c1ccccc1C2=O. The first-order valence-electron chi connectivity index (χ1n) is 21.1. The summed E-state index contributed by atoms with van der Waals surface area (Å²) in [4.78, 5) is 81.6. The number of likely N-dealkylation sites (tertiary alicyclic amines) is 2. The molecule has 4 aliphatic rings. The molecule has 0 radical (unpaired) electrons. The highest BCUT2D eigenvalue weighted by Crippen LogP contribution is 2.34. The number of carbonyl (C=O) groups is 6. The number of amides is 2. The molecule has 2 saturated heterocycles. The summed E-state index contributed by atoms with van der Waals surface area (Å²) in [6.45, 7) is 3.40. The molecule has 0 spiro atoms. The minimum Gasteiger partial charge on any atom is -0.396 e. The van der Waals surface area contributed by atoms with Gasteiger partial charge in [-0.3, -0.25) is 38.6 Å². The zero-order chi connectivity index (χ0) is 42.2. The van der Waals surface area contributed by atoms with Crippen molar-refractivity contribution < 1.29 is 39.0 Å². The number of benzene rings is 4. The number of carbonyl (C=O) groups excluding carboxylic acids is 6. The van der Waals surface area contributed by atoms with E-state index in [9.17, 15) is 39.0 Å². The van der Waals surface area contributed by atoms with Crippen molar-refractivity contribution in [2.45, 2.75) is 76.3 Å². The number of fused-ring (bicyclic) bond motifs is 4. The molecule has 320 valence electrons. The van der Waals surface area contributed by atoms with Gasteiger partial charge in [0.15, 0.2) is 23.1 Å². The Hall–Kier alpha value is -5.37. The van der Waals surface area contributed by atoms with Crippen LogP contribution in [0.3, 0.4) is 0 Å². The Morgan fingerprint density at radius 3 is 1.25 bits per heavy atom. The number of hydrogen-bond donors (Lipinski definition) is 4. The summed E-state index contributed by atoms with van der Waals surface area (Å²) < 4.78 is 0. The lowest BCUT2D eigenvalue weighted by Crippen LogP contribution is -2.41. The number of aliphatic hydroxyl groups is 2. The molecule has 4 N–H and O–H groups in total. The smallest absolute Gasteiger partial charge is 0.225 e. The molecule has 0 aromatic heterocycles. The standard InChI is InChI=1S/2C24H26N2O4.ClH/c2*27-15-12-16-6-3-4-13-26(16)14-11-21(28)25-20-10-5-9-19-22(20)24(30)18-8-2-1-7-17(18)23(19)29;/h2*1-2,5,7-10,16,27H,3-4,6,11-15H2,(H,25,28);1H. The first-order chi connectivity index (χ1) is 29.2. The van der Waals surface area contributed by atoms with Gasteiger partial charge in [0, 0.05) is 84.6 Å². The van der Waals surface area contributed by atoms with Crippen LogP contribution in [0, 0.1) is 0 Å². The Labute approximate surface area is 362 Å². The van der Waals surface area contributed by atoms with Crippen molar-refractivity contribution in [2.75, 3.05) is 50.0 Å². The number of aliphatic hydroxyl groups excluding tert-OH is 2. The highest BCUT2D eigenvalue weighted by molar-refractivity contribution is 6.31. The van der Waals surface area contributed by atoms with Crippen molar-refractivity contribution in [1.29, 1.82) is 0 Å². The number of halogens is 1. The largest absolute Gasteiger partial charge is 0.396 e. The molecule has 2 heterocycles. The second-order valence-corrected chi connectivity index (χ2v) is 15.9. The highest BCUT2D eigenvalue weighted by Gasteiger charge is 2.33. The molecule has 2 aliphatic carbocycles. The monoisotopic (exact) mass is 848 g/mol. The van der Waals surface area contributed by atoms with E-state index in [1.165, 1.54) is 0 Å². The lowest BCUT2D eigenvalue weighted by atomic mass is 9.83. The Kier molecular flexibility index (Phi) is 15.5. The van der Waals surface area contributed by atoms with Crippen molar-refractivity contribution in [2.24, 2.45) is 0 Å². The molecule has 0 bridgehead atoms. The first kappa shape index (κ1) is 45.2. The molecule has 2 unspecified atom stereocenters. The average Bonchev–Trinajstić information content (AvgIpc) is 3.27. The molecule has 4 aromatic carbocycles. The number of hydrogen-bond acceptors (Lipinski definition) is 10. The fourth-order valence-corrected chi connectivity index (χ4v) is 9.07. The van der Waals surface area contributed by atoms with E-state index < -0.39 is 0 Å². The molecule has 2 amide bonds. The van der Waals surface area contributed by atoms with E-state index >= 15 is 0 Å². The summed E-state index contributed by atoms with van der Waals surface area (Å²) in [6, 6.07) is 24.2. The predicted molar refractivity (Wildman–Crippen MR) is 235 cm³/mol. The molecule has 13 heteroatoms. The Morgan fingerprint density at radius 1 is 0.508 bits per heavy atom. The number of nitrogens with one attached hydrogen (secondary N) is 2. The molecule has 0 saturated carbocycles. The van der Waals surface area contributed by atoms with Crippen molar-refractivity contribution in [3.63, 3.8) is 0 Å². The maximum atomic E-state index is 13.0. The van der Waals surface area contributed by atoms with Crippen LogP contribution in [0.2, 0.25) is 0 Å². The third-order valence-electron chi connectivity index (χ3n) is 12.1. The van der Waals surface area contributed by atoms with Gasteiger partial charge in [-0.2, -0.15) is 0 Å². The lowest BCUT2D eigenvalue weighted by Gasteiger charge is -2.35. The van der Waals surface area contributed by atoms with E-state index in [0.29, 0.717) is 82.8 Å². The van der Waals surface area contributed by atoms with E-state index in [1.807, 2.05) is 0 Å².